The highest BCUT2D eigenvalue weighted by Crippen LogP contribution is 1.94. The molecule has 0 aromatic carbocycles. The van der Waals surface area contributed by atoms with Gasteiger partial charge >= 0.3 is 0 Å². The minimum absolute atomic E-state index is 0.352. The fourth-order valence-corrected chi connectivity index (χ4v) is 0.439. The first kappa shape index (κ1) is 7.88. The Labute approximate surface area is 49.1 Å². The molecule has 3 nitrogen and oxygen atoms in total. The first-order valence-electron chi connectivity index (χ1n) is 2.67. The molecule has 3 atom stereocenters. The number of aliphatic hydroxyl groups is 2. The summed E-state index contributed by atoms with van der Waals surface area (Å²) in [6, 6.07) is -0.352. The zero-order valence-electron chi connectivity index (χ0n) is 5.20. The topological polar surface area (TPSA) is 66.5 Å². The van der Waals surface area contributed by atoms with E-state index in [4.69, 9.17) is 15.9 Å². The third kappa shape index (κ3) is 2.26. The second kappa shape index (κ2) is 3.02. The highest BCUT2D eigenvalue weighted by atomic mass is 16.3. The molecule has 0 saturated carbocycles. The molecule has 0 aliphatic carbocycles. The molecule has 0 bridgehead atoms. The van der Waals surface area contributed by atoms with Gasteiger partial charge in [-0.2, -0.15) is 0 Å². The van der Waals surface area contributed by atoms with Gasteiger partial charge in [-0.1, -0.05) is 0 Å². The number of rotatable bonds is 2. The van der Waals surface area contributed by atoms with Crippen molar-refractivity contribution in [3.05, 3.63) is 0 Å². The van der Waals surface area contributed by atoms with Crippen molar-refractivity contribution < 1.29 is 10.2 Å². The molecule has 0 aliphatic heterocycles. The van der Waals surface area contributed by atoms with E-state index in [2.05, 4.69) is 0 Å². The second-order valence-corrected chi connectivity index (χ2v) is 2.09. The van der Waals surface area contributed by atoms with Crippen molar-refractivity contribution in [2.24, 2.45) is 5.73 Å². The quantitative estimate of drug-likeness (QED) is 0.440. The van der Waals surface area contributed by atoms with E-state index in [1.807, 2.05) is 0 Å². The normalized spacial score (nSPS) is 22.1. The Morgan fingerprint density at radius 1 is 1.25 bits per heavy atom. The Kier molecular flexibility index (Phi) is 2.97. The molecule has 4 N–H and O–H groups in total. The largest absolute Gasteiger partial charge is 0.391 e. The van der Waals surface area contributed by atoms with Crippen LogP contribution in [0.1, 0.15) is 13.8 Å². The summed E-state index contributed by atoms with van der Waals surface area (Å²) < 4.78 is 0. The maximum atomic E-state index is 8.83. The predicted molar refractivity (Wildman–Crippen MR) is 31.3 cm³/mol. The van der Waals surface area contributed by atoms with Crippen molar-refractivity contribution in [1.29, 1.82) is 0 Å². The van der Waals surface area contributed by atoms with Crippen LogP contribution in [-0.2, 0) is 0 Å². The van der Waals surface area contributed by atoms with Crippen molar-refractivity contribution in [2.75, 3.05) is 0 Å². The maximum absolute atomic E-state index is 8.83. The van der Waals surface area contributed by atoms with E-state index in [9.17, 15) is 0 Å². The fraction of sp³-hybridized carbons (Fsp3) is 1.00. The molecule has 0 saturated heterocycles. The Morgan fingerprint density at radius 3 is 1.62 bits per heavy atom. The molecular weight excluding hydrogens is 106 g/mol. The number of hydrogen-bond acceptors (Lipinski definition) is 3. The number of hydrogen-bond donors (Lipinski definition) is 3. The van der Waals surface area contributed by atoms with E-state index >= 15 is 0 Å². The van der Waals surface area contributed by atoms with Crippen LogP contribution in [0.25, 0.3) is 0 Å². The van der Waals surface area contributed by atoms with Gasteiger partial charge in [0.1, 0.15) is 0 Å². The standard InChI is InChI=1S/C5H13NO2/c1-3(6)5(8)4(2)7/h3-5,7-8H,6H2,1-2H3/t3-,4+,5+/m0/s1. The van der Waals surface area contributed by atoms with Gasteiger partial charge in [0.25, 0.3) is 0 Å². The van der Waals surface area contributed by atoms with E-state index in [1.165, 1.54) is 6.92 Å². The molecule has 8 heavy (non-hydrogen) atoms. The van der Waals surface area contributed by atoms with Crippen molar-refractivity contribution >= 4 is 0 Å². The highest BCUT2D eigenvalue weighted by molar-refractivity contribution is 4.70. The van der Waals surface area contributed by atoms with E-state index in [0.29, 0.717) is 0 Å². The predicted octanol–water partition coefficient (Wildman–Crippen LogP) is -0.925. The van der Waals surface area contributed by atoms with Crippen molar-refractivity contribution in [1.82, 2.24) is 0 Å². The number of aliphatic hydroxyl groups excluding tert-OH is 2. The molecule has 0 fully saturated rings. The molecule has 0 unspecified atom stereocenters. The average Bonchev–Trinajstić information content (AvgIpc) is 1.64. The van der Waals surface area contributed by atoms with Crippen LogP contribution in [0.2, 0.25) is 0 Å². The van der Waals surface area contributed by atoms with E-state index < -0.39 is 12.2 Å². The minimum atomic E-state index is -0.796. The summed E-state index contributed by atoms with van der Waals surface area (Å²) >= 11 is 0. The summed E-state index contributed by atoms with van der Waals surface area (Å²) in [6.07, 6.45) is -1.52. The number of nitrogens with two attached hydrogens (primary N) is 1. The van der Waals surface area contributed by atoms with Gasteiger partial charge in [0.2, 0.25) is 0 Å². The smallest absolute Gasteiger partial charge is 0.0943 e. The zero-order valence-corrected chi connectivity index (χ0v) is 5.20. The molecule has 0 aliphatic rings. The van der Waals surface area contributed by atoms with Gasteiger partial charge in [0.05, 0.1) is 12.2 Å². The molecule has 50 valence electrons. The SMILES string of the molecule is C[C@H](N)[C@@H](O)[C@@H](C)O. The molecular formula is C5H13NO2. The van der Waals surface area contributed by atoms with Gasteiger partial charge in [-0.05, 0) is 13.8 Å². The van der Waals surface area contributed by atoms with Crippen LogP contribution in [0.4, 0.5) is 0 Å². The van der Waals surface area contributed by atoms with Crippen LogP contribution < -0.4 is 5.73 Å². The molecule has 0 amide bonds. The fourth-order valence-electron chi connectivity index (χ4n) is 0.439. The van der Waals surface area contributed by atoms with Crippen LogP contribution in [-0.4, -0.2) is 28.5 Å². The van der Waals surface area contributed by atoms with Crippen LogP contribution >= 0.6 is 0 Å². The molecule has 0 heterocycles. The van der Waals surface area contributed by atoms with Gasteiger partial charge < -0.3 is 15.9 Å². The average molecular weight is 119 g/mol. The van der Waals surface area contributed by atoms with Gasteiger partial charge in [-0.3, -0.25) is 0 Å². The summed E-state index contributed by atoms with van der Waals surface area (Å²) in [5.41, 5.74) is 5.23. The monoisotopic (exact) mass is 119 g/mol. The first-order valence-corrected chi connectivity index (χ1v) is 2.67. The summed E-state index contributed by atoms with van der Waals surface area (Å²) in [7, 11) is 0. The van der Waals surface area contributed by atoms with E-state index in [1.54, 1.807) is 6.92 Å². The molecule has 0 aromatic heterocycles. The van der Waals surface area contributed by atoms with Gasteiger partial charge in [0, 0.05) is 6.04 Å². The summed E-state index contributed by atoms with van der Waals surface area (Å²) in [6.45, 7) is 3.16. The zero-order chi connectivity index (χ0) is 6.73. The van der Waals surface area contributed by atoms with Gasteiger partial charge in [-0.25, -0.2) is 0 Å². The summed E-state index contributed by atoms with van der Waals surface area (Å²) in [5.74, 6) is 0. The Balaban J connectivity index is 3.46. The maximum Gasteiger partial charge on any atom is 0.0943 e. The van der Waals surface area contributed by atoms with Crippen molar-refractivity contribution in [2.45, 2.75) is 32.1 Å². The lowest BCUT2D eigenvalue weighted by Crippen LogP contribution is -2.39. The second-order valence-electron chi connectivity index (χ2n) is 2.09. The molecule has 3 heteroatoms. The minimum Gasteiger partial charge on any atom is -0.391 e. The van der Waals surface area contributed by atoms with Crippen LogP contribution in [0.3, 0.4) is 0 Å². The van der Waals surface area contributed by atoms with Crippen LogP contribution in [0.15, 0.2) is 0 Å². The molecule has 0 aromatic rings. The molecule has 0 rings (SSSR count). The highest BCUT2D eigenvalue weighted by Gasteiger charge is 2.14. The van der Waals surface area contributed by atoms with Crippen molar-refractivity contribution in [3.63, 3.8) is 0 Å². The van der Waals surface area contributed by atoms with Gasteiger partial charge in [0.15, 0.2) is 0 Å². The van der Waals surface area contributed by atoms with E-state index in [0.717, 1.165) is 0 Å². The Hall–Kier alpha value is -0.120. The first-order chi connectivity index (χ1) is 3.55. The van der Waals surface area contributed by atoms with Crippen molar-refractivity contribution in [3.8, 4) is 0 Å². The third-order valence-corrected chi connectivity index (χ3v) is 1.03. The Morgan fingerprint density at radius 2 is 1.62 bits per heavy atom. The molecule has 0 spiro atoms. The lowest BCUT2D eigenvalue weighted by molar-refractivity contribution is 0.0188. The van der Waals surface area contributed by atoms with E-state index in [-0.39, 0.29) is 6.04 Å². The Bertz CT molecular complexity index is 55.4. The summed E-state index contributed by atoms with van der Waals surface area (Å²) in [5, 5.41) is 17.5. The lowest BCUT2D eigenvalue weighted by atomic mass is 10.1. The lowest BCUT2D eigenvalue weighted by Gasteiger charge is -2.16. The van der Waals surface area contributed by atoms with Gasteiger partial charge in [-0.15, -0.1) is 0 Å². The van der Waals surface area contributed by atoms with Crippen LogP contribution in [0.5, 0.6) is 0 Å². The summed E-state index contributed by atoms with van der Waals surface area (Å²) in [4.78, 5) is 0. The third-order valence-electron chi connectivity index (χ3n) is 1.03. The molecule has 0 radical (unpaired) electrons. The van der Waals surface area contributed by atoms with Crippen LogP contribution in [0, 0.1) is 0 Å².